The van der Waals surface area contributed by atoms with Crippen molar-refractivity contribution in [2.45, 2.75) is 31.2 Å². The number of nitrogens with one attached hydrogen (secondary N) is 1. The normalized spacial score (nSPS) is 22.2. The lowest BCUT2D eigenvalue weighted by Gasteiger charge is -2.36. The molecule has 0 spiro atoms. The summed E-state index contributed by atoms with van der Waals surface area (Å²) in [4.78, 5) is 15.9. The predicted molar refractivity (Wildman–Crippen MR) is 96.6 cm³/mol. The molecule has 1 aromatic carbocycles. The van der Waals surface area contributed by atoms with Gasteiger partial charge in [-0.1, -0.05) is 18.2 Å². The summed E-state index contributed by atoms with van der Waals surface area (Å²) in [6, 6.07) is 9.34. The third-order valence-corrected chi connectivity index (χ3v) is 5.42. The zero-order valence-corrected chi connectivity index (χ0v) is 14.8. The summed E-state index contributed by atoms with van der Waals surface area (Å²) in [7, 11) is 3.63. The molecule has 5 nitrogen and oxygen atoms in total. The van der Waals surface area contributed by atoms with E-state index in [1.54, 1.807) is 0 Å². The van der Waals surface area contributed by atoms with Crippen molar-refractivity contribution in [2.24, 2.45) is 0 Å². The Labute approximate surface area is 145 Å². The Balaban J connectivity index is 1.48. The Morgan fingerprint density at radius 3 is 2.71 bits per heavy atom. The van der Waals surface area contributed by atoms with Crippen molar-refractivity contribution in [3.63, 3.8) is 0 Å². The first-order valence-electron chi connectivity index (χ1n) is 9.00. The number of nitrogens with zero attached hydrogens (tertiary/aromatic N) is 2. The number of methoxy groups -OCH3 is 1. The number of hydrogen-bond acceptors (Lipinski definition) is 5. The predicted octanol–water partition coefficient (Wildman–Crippen LogP) is 1.84. The zero-order chi connectivity index (χ0) is 16.9. The SMILES string of the molecule is COC(=O)CN1CCC(NCC2CCN(C)c3ccccc32)CC1. The highest BCUT2D eigenvalue weighted by Gasteiger charge is 2.25. The Bertz CT molecular complexity index is 555. The highest BCUT2D eigenvalue weighted by atomic mass is 16.5. The van der Waals surface area contributed by atoms with Crippen LogP contribution < -0.4 is 10.2 Å². The maximum Gasteiger partial charge on any atom is 0.319 e. The number of likely N-dealkylation sites (tertiary alicyclic amines) is 1. The Morgan fingerprint density at radius 1 is 1.21 bits per heavy atom. The molecule has 0 amide bonds. The smallest absolute Gasteiger partial charge is 0.319 e. The fraction of sp³-hybridized carbons (Fsp3) is 0.632. The quantitative estimate of drug-likeness (QED) is 0.834. The second-order valence-electron chi connectivity index (χ2n) is 7.00. The molecule has 3 rings (SSSR count). The van der Waals surface area contributed by atoms with Crippen LogP contribution in [0.2, 0.25) is 0 Å². The molecule has 2 heterocycles. The minimum atomic E-state index is -0.135. The van der Waals surface area contributed by atoms with Gasteiger partial charge in [0.1, 0.15) is 0 Å². The number of fused-ring (bicyclic) bond motifs is 1. The van der Waals surface area contributed by atoms with Gasteiger partial charge in [-0.2, -0.15) is 0 Å². The van der Waals surface area contributed by atoms with Gasteiger partial charge in [0.15, 0.2) is 0 Å². The van der Waals surface area contributed by atoms with E-state index in [4.69, 9.17) is 4.74 Å². The highest BCUT2D eigenvalue weighted by Crippen LogP contribution is 2.33. The van der Waals surface area contributed by atoms with Crippen molar-refractivity contribution in [3.05, 3.63) is 29.8 Å². The second kappa shape index (κ2) is 7.99. The summed E-state index contributed by atoms with van der Waals surface area (Å²) < 4.78 is 4.75. The molecule has 1 aromatic rings. The molecule has 1 N–H and O–H groups in total. The van der Waals surface area contributed by atoms with Crippen LogP contribution in [0.5, 0.6) is 0 Å². The van der Waals surface area contributed by atoms with Gasteiger partial charge in [-0.3, -0.25) is 9.69 Å². The third kappa shape index (κ3) is 4.08. The van der Waals surface area contributed by atoms with Crippen LogP contribution in [-0.4, -0.2) is 63.8 Å². The lowest BCUT2D eigenvalue weighted by atomic mass is 9.89. The van der Waals surface area contributed by atoms with Crippen molar-refractivity contribution in [2.75, 3.05) is 51.8 Å². The van der Waals surface area contributed by atoms with Crippen molar-refractivity contribution in [1.82, 2.24) is 10.2 Å². The van der Waals surface area contributed by atoms with E-state index in [1.165, 1.54) is 24.8 Å². The Morgan fingerprint density at radius 2 is 1.96 bits per heavy atom. The van der Waals surface area contributed by atoms with E-state index in [-0.39, 0.29) is 5.97 Å². The number of carbonyl (C=O) groups is 1. The number of piperidine rings is 1. The van der Waals surface area contributed by atoms with E-state index in [0.717, 1.165) is 39.0 Å². The number of esters is 1. The first kappa shape index (κ1) is 17.2. The molecule has 1 fully saturated rings. The molecule has 0 radical (unpaired) electrons. The molecule has 1 saturated heterocycles. The summed E-state index contributed by atoms with van der Waals surface area (Å²) >= 11 is 0. The monoisotopic (exact) mass is 331 g/mol. The first-order chi connectivity index (χ1) is 11.7. The number of benzene rings is 1. The maximum absolute atomic E-state index is 11.4. The van der Waals surface area contributed by atoms with Gasteiger partial charge in [-0.05, 0) is 30.9 Å². The lowest BCUT2D eigenvalue weighted by molar-refractivity contribution is -0.142. The minimum absolute atomic E-state index is 0.135. The minimum Gasteiger partial charge on any atom is -0.468 e. The van der Waals surface area contributed by atoms with E-state index >= 15 is 0 Å². The van der Waals surface area contributed by atoms with Gasteiger partial charge in [0.25, 0.3) is 0 Å². The summed E-state index contributed by atoms with van der Waals surface area (Å²) in [5, 5.41) is 3.77. The molecule has 0 aromatic heterocycles. The summed E-state index contributed by atoms with van der Waals surface area (Å²) in [5.41, 5.74) is 2.85. The molecular formula is C19H29N3O2. The van der Waals surface area contributed by atoms with E-state index in [2.05, 4.69) is 46.4 Å². The summed E-state index contributed by atoms with van der Waals surface area (Å²) in [6.07, 6.45) is 3.41. The average Bonchev–Trinajstić information content (AvgIpc) is 2.62. The largest absolute Gasteiger partial charge is 0.468 e. The number of anilines is 1. The molecule has 2 aliphatic heterocycles. The van der Waals surface area contributed by atoms with Gasteiger partial charge in [0, 0.05) is 50.9 Å². The van der Waals surface area contributed by atoms with Gasteiger partial charge in [-0.15, -0.1) is 0 Å². The zero-order valence-electron chi connectivity index (χ0n) is 14.8. The number of para-hydroxylation sites is 1. The van der Waals surface area contributed by atoms with Crippen LogP contribution in [0, 0.1) is 0 Å². The first-order valence-corrected chi connectivity index (χ1v) is 9.00. The Kier molecular flexibility index (Phi) is 5.74. The molecule has 5 heteroatoms. The summed E-state index contributed by atoms with van der Waals surface area (Å²) in [6.45, 7) is 4.53. The van der Waals surface area contributed by atoms with E-state index in [1.807, 2.05) is 0 Å². The molecule has 1 unspecified atom stereocenters. The number of ether oxygens (including phenoxy) is 1. The van der Waals surface area contributed by atoms with E-state index in [9.17, 15) is 4.79 Å². The van der Waals surface area contributed by atoms with Gasteiger partial charge >= 0.3 is 5.97 Å². The lowest BCUT2D eigenvalue weighted by Crippen LogP contribution is -2.45. The van der Waals surface area contributed by atoms with Crippen LogP contribution in [0.15, 0.2) is 24.3 Å². The highest BCUT2D eigenvalue weighted by molar-refractivity contribution is 5.71. The van der Waals surface area contributed by atoms with Crippen molar-refractivity contribution in [3.8, 4) is 0 Å². The molecule has 1 atom stereocenters. The van der Waals surface area contributed by atoms with Crippen molar-refractivity contribution < 1.29 is 9.53 Å². The maximum atomic E-state index is 11.4. The molecule has 132 valence electrons. The van der Waals surface area contributed by atoms with E-state index in [0.29, 0.717) is 18.5 Å². The van der Waals surface area contributed by atoms with Crippen LogP contribution in [0.3, 0.4) is 0 Å². The topological polar surface area (TPSA) is 44.8 Å². The molecule has 0 saturated carbocycles. The molecule has 0 bridgehead atoms. The fourth-order valence-electron chi connectivity index (χ4n) is 3.87. The van der Waals surface area contributed by atoms with Gasteiger partial charge in [0.05, 0.1) is 13.7 Å². The van der Waals surface area contributed by atoms with Crippen LogP contribution in [0.25, 0.3) is 0 Å². The second-order valence-corrected chi connectivity index (χ2v) is 7.00. The van der Waals surface area contributed by atoms with Gasteiger partial charge in [0.2, 0.25) is 0 Å². The summed E-state index contributed by atoms with van der Waals surface area (Å²) in [5.74, 6) is 0.467. The molecular weight excluding hydrogens is 302 g/mol. The average molecular weight is 331 g/mol. The van der Waals surface area contributed by atoms with Crippen molar-refractivity contribution in [1.29, 1.82) is 0 Å². The van der Waals surface area contributed by atoms with Gasteiger partial charge in [-0.25, -0.2) is 0 Å². The molecule has 2 aliphatic rings. The molecule has 24 heavy (non-hydrogen) atoms. The van der Waals surface area contributed by atoms with Crippen LogP contribution >= 0.6 is 0 Å². The van der Waals surface area contributed by atoms with Crippen LogP contribution in [-0.2, 0) is 9.53 Å². The Hall–Kier alpha value is -1.59. The van der Waals surface area contributed by atoms with Crippen molar-refractivity contribution >= 4 is 11.7 Å². The fourth-order valence-corrected chi connectivity index (χ4v) is 3.87. The number of hydrogen-bond donors (Lipinski definition) is 1. The van der Waals surface area contributed by atoms with Crippen LogP contribution in [0.1, 0.15) is 30.7 Å². The standard InChI is InChI=1S/C19H29N3O2/c1-21-10-7-15(17-5-3-4-6-18(17)21)13-20-16-8-11-22(12-9-16)14-19(23)24-2/h3-6,15-16,20H,7-14H2,1-2H3. The number of rotatable bonds is 5. The molecule has 0 aliphatic carbocycles. The van der Waals surface area contributed by atoms with E-state index < -0.39 is 0 Å². The number of carbonyl (C=O) groups excluding carboxylic acids is 1. The third-order valence-electron chi connectivity index (χ3n) is 5.42. The van der Waals surface area contributed by atoms with Crippen LogP contribution in [0.4, 0.5) is 5.69 Å². The van der Waals surface area contributed by atoms with Gasteiger partial charge < -0.3 is 15.0 Å².